The van der Waals surface area contributed by atoms with Gasteiger partial charge in [-0.05, 0) is 17.7 Å². The van der Waals surface area contributed by atoms with Crippen LogP contribution >= 0.6 is 0 Å². The summed E-state index contributed by atoms with van der Waals surface area (Å²) in [5, 5.41) is 0. The van der Waals surface area contributed by atoms with E-state index in [-0.39, 0.29) is 12.6 Å². The van der Waals surface area contributed by atoms with Crippen molar-refractivity contribution in [2.24, 2.45) is 0 Å². The average Bonchev–Trinajstić information content (AvgIpc) is 2.40. The molecule has 0 aliphatic carbocycles. The zero-order chi connectivity index (χ0) is 12.8. The molecule has 0 aromatic heterocycles. The molecule has 2 aromatic carbocycles. The topological polar surface area (TPSA) is 44.5 Å². The van der Waals surface area contributed by atoms with Gasteiger partial charge in [0.25, 0.3) is 0 Å². The lowest BCUT2D eigenvalue weighted by Gasteiger charge is -2.09. The molecule has 0 heterocycles. The lowest BCUT2D eigenvalue weighted by atomic mass is 10.2. The van der Waals surface area contributed by atoms with Gasteiger partial charge in [-0.1, -0.05) is 30.3 Å². The van der Waals surface area contributed by atoms with E-state index in [1.807, 2.05) is 30.3 Å². The van der Waals surface area contributed by atoms with E-state index in [2.05, 4.69) is 0 Å². The first-order chi connectivity index (χ1) is 8.75. The molecule has 0 radical (unpaired) electrons. The van der Waals surface area contributed by atoms with Crippen LogP contribution in [-0.4, -0.2) is 6.79 Å². The maximum atomic E-state index is 12.9. The molecule has 18 heavy (non-hydrogen) atoms. The largest absolute Gasteiger partial charge is 0.465 e. The molecule has 2 N–H and O–H groups in total. The molecule has 0 fully saturated rings. The predicted molar refractivity (Wildman–Crippen MR) is 67.5 cm³/mol. The van der Waals surface area contributed by atoms with Crippen LogP contribution in [0.2, 0.25) is 0 Å². The maximum absolute atomic E-state index is 12.9. The Hall–Kier alpha value is -2.07. The van der Waals surface area contributed by atoms with Crippen molar-refractivity contribution in [3.63, 3.8) is 0 Å². The molecule has 2 rings (SSSR count). The van der Waals surface area contributed by atoms with Gasteiger partial charge >= 0.3 is 0 Å². The molecular formula is C14H14FNO2. The highest BCUT2D eigenvalue weighted by Crippen LogP contribution is 2.21. The smallest absolute Gasteiger partial charge is 0.189 e. The maximum Gasteiger partial charge on any atom is 0.189 e. The first-order valence-corrected chi connectivity index (χ1v) is 5.55. The van der Waals surface area contributed by atoms with E-state index in [1.54, 1.807) is 0 Å². The molecule has 0 aliphatic rings. The molecule has 94 valence electrons. The number of hydrogen-bond donors (Lipinski definition) is 1. The number of hydrogen-bond acceptors (Lipinski definition) is 3. The van der Waals surface area contributed by atoms with Gasteiger partial charge in [0, 0.05) is 6.07 Å². The third kappa shape index (κ3) is 3.46. The Morgan fingerprint density at radius 1 is 1.06 bits per heavy atom. The average molecular weight is 247 g/mol. The minimum Gasteiger partial charge on any atom is -0.465 e. The third-order valence-corrected chi connectivity index (χ3v) is 2.38. The van der Waals surface area contributed by atoms with Crippen LogP contribution < -0.4 is 10.5 Å². The first kappa shape index (κ1) is 12.4. The molecule has 3 nitrogen and oxygen atoms in total. The van der Waals surface area contributed by atoms with Crippen LogP contribution in [0.5, 0.6) is 5.75 Å². The number of nitrogens with two attached hydrogens (primary N) is 1. The van der Waals surface area contributed by atoms with Crippen molar-refractivity contribution in [1.82, 2.24) is 0 Å². The quantitative estimate of drug-likeness (QED) is 0.502. The summed E-state index contributed by atoms with van der Waals surface area (Å²) in [6, 6.07) is 13.7. The summed E-state index contributed by atoms with van der Waals surface area (Å²) in [6.07, 6.45) is 0. The van der Waals surface area contributed by atoms with Gasteiger partial charge < -0.3 is 15.2 Å². The second kappa shape index (κ2) is 6.02. The predicted octanol–water partition coefficient (Wildman–Crippen LogP) is 2.96. The number of anilines is 1. The Balaban J connectivity index is 1.80. The lowest BCUT2D eigenvalue weighted by Crippen LogP contribution is -2.04. The van der Waals surface area contributed by atoms with E-state index in [0.717, 1.165) is 5.56 Å². The standard InChI is InChI=1S/C14H14FNO2/c15-12-6-7-13(16)14(8-12)18-10-17-9-11-4-2-1-3-5-11/h1-8H,9-10,16H2. The van der Waals surface area contributed by atoms with E-state index in [4.69, 9.17) is 15.2 Å². The fraction of sp³-hybridized carbons (Fsp3) is 0.143. The zero-order valence-corrected chi connectivity index (χ0v) is 9.80. The molecule has 0 saturated carbocycles. The summed E-state index contributed by atoms with van der Waals surface area (Å²) < 4.78 is 23.5. The molecule has 0 saturated heterocycles. The number of halogens is 1. The fourth-order valence-corrected chi connectivity index (χ4v) is 1.47. The van der Waals surface area contributed by atoms with Crippen molar-refractivity contribution in [2.45, 2.75) is 6.61 Å². The molecule has 0 aliphatic heterocycles. The van der Waals surface area contributed by atoms with Crippen molar-refractivity contribution in [1.29, 1.82) is 0 Å². The van der Waals surface area contributed by atoms with Gasteiger partial charge in [-0.25, -0.2) is 4.39 Å². The molecule has 0 spiro atoms. The summed E-state index contributed by atoms with van der Waals surface area (Å²) >= 11 is 0. The van der Waals surface area contributed by atoms with Gasteiger partial charge in [-0.3, -0.25) is 0 Å². The Kier molecular flexibility index (Phi) is 4.15. The van der Waals surface area contributed by atoms with Crippen LogP contribution in [-0.2, 0) is 11.3 Å². The minimum absolute atomic E-state index is 0.0303. The molecule has 2 aromatic rings. The third-order valence-electron chi connectivity index (χ3n) is 2.38. The Labute approximate surface area is 105 Å². The molecule has 4 heteroatoms. The molecule has 0 unspecified atom stereocenters. The van der Waals surface area contributed by atoms with Crippen molar-refractivity contribution in [3.05, 3.63) is 59.9 Å². The van der Waals surface area contributed by atoms with Crippen LogP contribution in [0.1, 0.15) is 5.56 Å². The van der Waals surface area contributed by atoms with Crippen LogP contribution in [0, 0.1) is 5.82 Å². The van der Waals surface area contributed by atoms with Gasteiger partial charge in [0.2, 0.25) is 0 Å². The van der Waals surface area contributed by atoms with Crippen LogP contribution in [0.4, 0.5) is 10.1 Å². The van der Waals surface area contributed by atoms with Crippen LogP contribution in [0.3, 0.4) is 0 Å². The van der Waals surface area contributed by atoms with Gasteiger partial charge in [0.05, 0.1) is 12.3 Å². The second-order valence-electron chi connectivity index (χ2n) is 3.78. The number of nitrogen functional groups attached to an aromatic ring is 1. The van der Waals surface area contributed by atoms with E-state index < -0.39 is 0 Å². The highest BCUT2D eigenvalue weighted by Gasteiger charge is 2.02. The van der Waals surface area contributed by atoms with Crippen molar-refractivity contribution in [2.75, 3.05) is 12.5 Å². The fourth-order valence-electron chi connectivity index (χ4n) is 1.47. The van der Waals surface area contributed by atoms with Crippen molar-refractivity contribution < 1.29 is 13.9 Å². The molecule has 0 atom stereocenters. The van der Waals surface area contributed by atoms with E-state index in [1.165, 1.54) is 18.2 Å². The number of benzene rings is 2. The lowest BCUT2D eigenvalue weighted by molar-refractivity contribution is 0.00532. The highest BCUT2D eigenvalue weighted by molar-refractivity contribution is 5.52. The van der Waals surface area contributed by atoms with Gasteiger partial charge in [-0.2, -0.15) is 0 Å². The summed E-state index contributed by atoms with van der Waals surface area (Å²) in [6.45, 7) is 0.471. The Bertz CT molecular complexity index is 502. The van der Waals surface area contributed by atoms with Crippen LogP contribution in [0.15, 0.2) is 48.5 Å². The van der Waals surface area contributed by atoms with Gasteiger partial charge in [0.15, 0.2) is 6.79 Å². The van der Waals surface area contributed by atoms with Crippen LogP contribution in [0.25, 0.3) is 0 Å². The second-order valence-corrected chi connectivity index (χ2v) is 3.78. The van der Waals surface area contributed by atoms with Gasteiger partial charge in [-0.15, -0.1) is 0 Å². The Morgan fingerprint density at radius 3 is 2.61 bits per heavy atom. The molecular weight excluding hydrogens is 233 g/mol. The van der Waals surface area contributed by atoms with Gasteiger partial charge in [0.1, 0.15) is 11.6 Å². The number of rotatable bonds is 5. The van der Waals surface area contributed by atoms with Crippen molar-refractivity contribution >= 4 is 5.69 Å². The molecule has 0 amide bonds. The zero-order valence-electron chi connectivity index (χ0n) is 9.80. The summed E-state index contributed by atoms with van der Waals surface area (Å²) in [7, 11) is 0. The normalized spacial score (nSPS) is 10.3. The summed E-state index contributed by atoms with van der Waals surface area (Å²) in [4.78, 5) is 0. The highest BCUT2D eigenvalue weighted by atomic mass is 19.1. The first-order valence-electron chi connectivity index (χ1n) is 5.55. The molecule has 0 bridgehead atoms. The van der Waals surface area contributed by atoms with E-state index >= 15 is 0 Å². The van der Waals surface area contributed by atoms with Crippen molar-refractivity contribution in [3.8, 4) is 5.75 Å². The van der Waals surface area contributed by atoms with E-state index in [9.17, 15) is 4.39 Å². The Morgan fingerprint density at radius 2 is 1.83 bits per heavy atom. The summed E-state index contributed by atoms with van der Waals surface area (Å²) in [5.74, 6) is -0.0923. The van der Waals surface area contributed by atoms with E-state index in [0.29, 0.717) is 18.0 Å². The SMILES string of the molecule is Nc1ccc(F)cc1OCOCc1ccccc1. The minimum atomic E-state index is -0.387. The monoisotopic (exact) mass is 247 g/mol. The summed E-state index contributed by atoms with van der Waals surface area (Å²) in [5.41, 5.74) is 7.07. The number of ether oxygens (including phenoxy) is 2.